The van der Waals surface area contributed by atoms with Crippen molar-refractivity contribution in [3.8, 4) is 0 Å². The van der Waals surface area contributed by atoms with Crippen molar-refractivity contribution < 1.29 is 18.1 Å². The van der Waals surface area contributed by atoms with E-state index in [0.29, 0.717) is 17.2 Å². The van der Waals surface area contributed by atoms with E-state index in [1.54, 1.807) is 0 Å². The van der Waals surface area contributed by atoms with Crippen LogP contribution in [0.5, 0.6) is 0 Å². The lowest BCUT2D eigenvalue weighted by Gasteiger charge is -2.22. The predicted octanol–water partition coefficient (Wildman–Crippen LogP) is 3.10. The van der Waals surface area contributed by atoms with Gasteiger partial charge in [-0.3, -0.25) is 14.9 Å². The molecule has 8 nitrogen and oxygen atoms in total. The maximum absolute atomic E-state index is 12.8. The van der Waals surface area contributed by atoms with Crippen LogP contribution in [0.3, 0.4) is 0 Å². The molecule has 1 atom stereocenters. The fourth-order valence-electron chi connectivity index (χ4n) is 2.76. The number of sulfonamides is 1. The summed E-state index contributed by atoms with van der Waals surface area (Å²) in [7, 11) is -3.83. The lowest BCUT2D eigenvalue weighted by atomic mass is 10.2. The molecule has 0 radical (unpaired) electrons. The summed E-state index contributed by atoms with van der Waals surface area (Å²) in [4.78, 5) is 22.8. The Morgan fingerprint density at radius 1 is 1.35 bits per heavy atom. The molecule has 138 valence electrons. The number of nitrogens with zero attached hydrogens (tertiary/aromatic N) is 2. The Kier molecular flexibility index (Phi) is 5.28. The first-order valence-electron chi connectivity index (χ1n) is 7.61. The molecule has 0 spiro atoms. The van der Waals surface area contributed by atoms with Crippen LogP contribution >= 0.6 is 22.9 Å². The van der Waals surface area contributed by atoms with E-state index in [2.05, 4.69) is 5.32 Å². The van der Waals surface area contributed by atoms with Crippen LogP contribution < -0.4 is 5.32 Å². The molecular weight excluding hydrogens is 402 g/mol. The highest BCUT2D eigenvalue weighted by Crippen LogP contribution is 2.32. The molecule has 1 aromatic carbocycles. The molecule has 0 bridgehead atoms. The fourth-order valence-corrected chi connectivity index (χ4v) is 6.03. The first-order chi connectivity index (χ1) is 12.3. The highest BCUT2D eigenvalue weighted by atomic mass is 35.5. The van der Waals surface area contributed by atoms with Gasteiger partial charge in [-0.1, -0.05) is 17.7 Å². The van der Waals surface area contributed by atoms with Crippen LogP contribution in [0.15, 0.2) is 40.6 Å². The van der Waals surface area contributed by atoms with Crippen molar-refractivity contribution in [3.05, 3.63) is 50.8 Å². The summed E-state index contributed by atoms with van der Waals surface area (Å²) in [5.41, 5.74) is 0.0829. The van der Waals surface area contributed by atoms with Crippen molar-refractivity contribution in [2.45, 2.75) is 23.1 Å². The van der Waals surface area contributed by atoms with Crippen molar-refractivity contribution in [1.29, 1.82) is 0 Å². The zero-order chi connectivity index (χ0) is 18.9. The Bertz CT molecular complexity index is 960. The standard InChI is InChI=1S/C15H14ClN3O5S2/c16-13-6-7-14(25-13)26(23,24)18-8-2-5-12(18)15(20)17-10-3-1-4-11(9-10)19(21)22/h1,3-4,6-7,9,12H,2,5,8H2,(H,17,20)/t12-/m0/s1. The summed E-state index contributed by atoms with van der Waals surface area (Å²) in [6.07, 6.45) is 0.921. The lowest BCUT2D eigenvalue weighted by Crippen LogP contribution is -2.42. The van der Waals surface area contributed by atoms with E-state index in [4.69, 9.17) is 11.6 Å². The van der Waals surface area contributed by atoms with Gasteiger partial charge in [-0.25, -0.2) is 8.42 Å². The topological polar surface area (TPSA) is 110 Å². The summed E-state index contributed by atoms with van der Waals surface area (Å²) >= 11 is 6.75. The van der Waals surface area contributed by atoms with Gasteiger partial charge >= 0.3 is 0 Å². The molecule has 0 unspecified atom stereocenters. The van der Waals surface area contributed by atoms with E-state index < -0.39 is 26.9 Å². The highest BCUT2D eigenvalue weighted by Gasteiger charge is 2.40. The van der Waals surface area contributed by atoms with Gasteiger partial charge in [0, 0.05) is 24.4 Å². The number of halogens is 1. The maximum atomic E-state index is 12.8. The average molecular weight is 416 g/mol. The van der Waals surface area contributed by atoms with Crippen LogP contribution in [0.2, 0.25) is 4.34 Å². The molecule has 26 heavy (non-hydrogen) atoms. The summed E-state index contributed by atoms with van der Waals surface area (Å²) in [5.74, 6) is -0.519. The number of rotatable bonds is 5. The van der Waals surface area contributed by atoms with Crippen LogP contribution in [0, 0.1) is 10.1 Å². The molecule has 1 aromatic heterocycles. The summed E-state index contributed by atoms with van der Waals surface area (Å²) in [5, 5.41) is 13.4. The SMILES string of the molecule is O=C(Nc1cccc([N+](=O)[O-])c1)[C@@H]1CCCN1S(=O)(=O)c1ccc(Cl)s1. The number of nitrogens with one attached hydrogen (secondary N) is 1. The van der Waals surface area contributed by atoms with Gasteiger partial charge in [-0.15, -0.1) is 11.3 Å². The van der Waals surface area contributed by atoms with Crippen molar-refractivity contribution in [3.63, 3.8) is 0 Å². The van der Waals surface area contributed by atoms with E-state index in [1.165, 1.54) is 36.4 Å². The van der Waals surface area contributed by atoms with Gasteiger partial charge in [0.1, 0.15) is 10.3 Å². The Hall–Kier alpha value is -2.01. The third-order valence-corrected chi connectivity index (χ3v) is 7.55. The van der Waals surface area contributed by atoms with Crippen molar-refractivity contribution in [1.82, 2.24) is 4.31 Å². The molecule has 2 aromatic rings. The Morgan fingerprint density at radius 3 is 2.77 bits per heavy atom. The molecule has 1 amide bonds. The van der Waals surface area contributed by atoms with Gasteiger partial charge in [0.25, 0.3) is 15.7 Å². The molecule has 0 aliphatic carbocycles. The van der Waals surface area contributed by atoms with Crippen molar-refractivity contribution >= 4 is 50.2 Å². The second-order valence-electron chi connectivity index (χ2n) is 5.63. The molecule has 1 aliphatic heterocycles. The largest absolute Gasteiger partial charge is 0.324 e. The number of amides is 1. The zero-order valence-corrected chi connectivity index (χ0v) is 15.7. The second-order valence-corrected chi connectivity index (χ2v) is 9.46. The van der Waals surface area contributed by atoms with E-state index >= 15 is 0 Å². The average Bonchev–Trinajstić information content (AvgIpc) is 3.24. The van der Waals surface area contributed by atoms with Gasteiger partial charge in [-0.2, -0.15) is 4.31 Å². The number of carbonyl (C=O) groups excluding carboxylic acids is 1. The van der Waals surface area contributed by atoms with Crippen LogP contribution in [-0.4, -0.2) is 36.1 Å². The number of benzene rings is 1. The Labute approximate surface area is 158 Å². The van der Waals surface area contributed by atoms with Gasteiger partial charge < -0.3 is 5.32 Å². The minimum absolute atomic E-state index is 0.0811. The van der Waals surface area contributed by atoms with E-state index in [9.17, 15) is 23.3 Å². The molecule has 0 saturated carbocycles. The van der Waals surface area contributed by atoms with Gasteiger partial charge in [-0.05, 0) is 31.0 Å². The van der Waals surface area contributed by atoms with Crippen LogP contribution in [-0.2, 0) is 14.8 Å². The molecule has 1 N–H and O–H groups in total. The number of nitro benzene ring substituents is 1. The first kappa shape index (κ1) is 18.8. The number of nitro groups is 1. The third kappa shape index (κ3) is 3.73. The molecule has 3 rings (SSSR count). The van der Waals surface area contributed by atoms with Crippen molar-refractivity contribution in [2.24, 2.45) is 0 Å². The highest BCUT2D eigenvalue weighted by molar-refractivity contribution is 7.91. The Balaban J connectivity index is 1.80. The summed E-state index contributed by atoms with van der Waals surface area (Å²) in [6.45, 7) is 0.227. The maximum Gasteiger partial charge on any atom is 0.271 e. The number of hydrogen-bond acceptors (Lipinski definition) is 6. The van der Waals surface area contributed by atoms with Crippen LogP contribution in [0.25, 0.3) is 0 Å². The zero-order valence-electron chi connectivity index (χ0n) is 13.3. The minimum atomic E-state index is -3.83. The molecule has 1 fully saturated rings. The summed E-state index contributed by atoms with van der Waals surface area (Å²) in [6, 6.07) is 7.53. The summed E-state index contributed by atoms with van der Waals surface area (Å²) < 4.78 is 27.1. The first-order valence-corrected chi connectivity index (χ1v) is 10.2. The van der Waals surface area contributed by atoms with Gasteiger partial charge in [0.15, 0.2) is 0 Å². The molecular formula is C15H14ClN3O5S2. The van der Waals surface area contributed by atoms with Crippen LogP contribution in [0.1, 0.15) is 12.8 Å². The molecule has 1 aliphatic rings. The normalized spacial score (nSPS) is 18.0. The minimum Gasteiger partial charge on any atom is -0.324 e. The quantitative estimate of drug-likeness (QED) is 0.596. The van der Waals surface area contributed by atoms with Gasteiger partial charge in [0.2, 0.25) is 5.91 Å². The number of hydrogen-bond donors (Lipinski definition) is 1. The van der Waals surface area contributed by atoms with Crippen molar-refractivity contribution in [2.75, 3.05) is 11.9 Å². The number of non-ortho nitro benzene ring substituents is 1. The molecule has 11 heteroatoms. The lowest BCUT2D eigenvalue weighted by molar-refractivity contribution is -0.384. The fraction of sp³-hybridized carbons (Fsp3) is 0.267. The Morgan fingerprint density at radius 2 is 2.12 bits per heavy atom. The second kappa shape index (κ2) is 7.31. The third-order valence-electron chi connectivity index (χ3n) is 3.94. The smallest absolute Gasteiger partial charge is 0.271 e. The number of anilines is 1. The van der Waals surface area contributed by atoms with E-state index in [1.807, 2.05) is 0 Å². The monoisotopic (exact) mass is 415 g/mol. The van der Waals surface area contributed by atoms with Gasteiger partial charge in [0.05, 0.1) is 9.26 Å². The number of carbonyl (C=O) groups is 1. The van der Waals surface area contributed by atoms with E-state index in [-0.39, 0.29) is 22.1 Å². The predicted molar refractivity (Wildman–Crippen MR) is 98.0 cm³/mol. The molecule has 2 heterocycles. The van der Waals surface area contributed by atoms with Crippen LogP contribution in [0.4, 0.5) is 11.4 Å². The van der Waals surface area contributed by atoms with E-state index in [0.717, 1.165) is 15.6 Å². The number of thiophene rings is 1. The molecule has 1 saturated heterocycles.